The molecule has 5 nitrogen and oxygen atoms in total. The molecule has 22 heavy (non-hydrogen) atoms. The lowest BCUT2D eigenvalue weighted by molar-refractivity contribution is -0.140. The zero-order valence-electron chi connectivity index (χ0n) is 13.5. The Labute approximate surface area is 132 Å². The van der Waals surface area contributed by atoms with Gasteiger partial charge in [-0.2, -0.15) is 0 Å². The van der Waals surface area contributed by atoms with Gasteiger partial charge in [-0.05, 0) is 19.3 Å². The molecule has 1 aromatic rings. The Morgan fingerprint density at radius 3 is 2.95 bits per heavy atom. The molecule has 0 aromatic carbocycles. The molecule has 1 aromatic heterocycles. The molecule has 2 atom stereocenters. The van der Waals surface area contributed by atoms with Crippen LogP contribution in [0, 0.1) is 5.92 Å². The molecule has 3 rings (SSSR count). The predicted molar refractivity (Wildman–Crippen MR) is 84.5 cm³/mol. The number of imidazole rings is 1. The van der Waals surface area contributed by atoms with Crippen LogP contribution in [0.15, 0.2) is 12.5 Å². The number of nitrogens with zero attached hydrogens (tertiary/aromatic N) is 2. The van der Waals surface area contributed by atoms with Gasteiger partial charge in [0.25, 0.3) is 0 Å². The smallest absolute Gasteiger partial charge is 0.249 e. The lowest BCUT2D eigenvalue weighted by Gasteiger charge is -2.26. The molecule has 0 unspecified atom stereocenters. The summed E-state index contributed by atoms with van der Waals surface area (Å²) >= 11 is 0. The Balaban J connectivity index is 1.47. The van der Waals surface area contributed by atoms with E-state index in [1.54, 1.807) is 0 Å². The summed E-state index contributed by atoms with van der Waals surface area (Å²) < 4.78 is 7.77. The highest BCUT2D eigenvalue weighted by atomic mass is 16.5. The topological polar surface area (TPSA) is 56.2 Å². The van der Waals surface area contributed by atoms with Crippen molar-refractivity contribution < 1.29 is 9.53 Å². The summed E-state index contributed by atoms with van der Waals surface area (Å²) in [5.74, 6) is 0.865. The monoisotopic (exact) mass is 305 g/mol. The van der Waals surface area contributed by atoms with Gasteiger partial charge >= 0.3 is 0 Å². The quantitative estimate of drug-likeness (QED) is 0.908. The van der Waals surface area contributed by atoms with Crippen LogP contribution < -0.4 is 5.32 Å². The standard InChI is InChI=1S/C17H27N3O2/c1-13-11-22-16(17(21)19-13)9-15-10-20(12-18-15)8-7-14-5-3-2-4-6-14/h10,12-14,16H,2-9,11H2,1H3,(H,19,21)/t13-,16-/m1/s1. The van der Waals surface area contributed by atoms with Crippen LogP contribution in [-0.2, 0) is 22.5 Å². The minimum Gasteiger partial charge on any atom is -0.366 e. The molecule has 0 spiro atoms. The Morgan fingerprint density at radius 2 is 2.18 bits per heavy atom. The van der Waals surface area contributed by atoms with Gasteiger partial charge in [-0.1, -0.05) is 32.1 Å². The summed E-state index contributed by atoms with van der Waals surface area (Å²) in [5, 5.41) is 2.93. The van der Waals surface area contributed by atoms with E-state index in [-0.39, 0.29) is 11.9 Å². The number of ether oxygens (including phenoxy) is 1. The van der Waals surface area contributed by atoms with Crippen LogP contribution in [0.2, 0.25) is 0 Å². The molecule has 5 heteroatoms. The molecular formula is C17H27N3O2. The number of hydrogen-bond donors (Lipinski definition) is 1. The number of morpholine rings is 1. The van der Waals surface area contributed by atoms with E-state index in [4.69, 9.17) is 4.74 Å². The van der Waals surface area contributed by atoms with Crippen molar-refractivity contribution >= 4 is 5.91 Å². The number of aromatic nitrogens is 2. The lowest BCUT2D eigenvalue weighted by Crippen LogP contribution is -2.50. The molecule has 2 aliphatic rings. The van der Waals surface area contributed by atoms with Crippen LogP contribution in [0.4, 0.5) is 0 Å². The third-order valence-corrected chi connectivity index (χ3v) is 4.83. The van der Waals surface area contributed by atoms with Crippen molar-refractivity contribution in [1.29, 1.82) is 0 Å². The third kappa shape index (κ3) is 4.09. The summed E-state index contributed by atoms with van der Waals surface area (Å²) in [7, 11) is 0. The lowest BCUT2D eigenvalue weighted by atomic mass is 9.87. The first-order chi connectivity index (χ1) is 10.7. The Hall–Kier alpha value is -1.36. The van der Waals surface area contributed by atoms with Gasteiger partial charge < -0.3 is 14.6 Å². The minimum atomic E-state index is -0.391. The SMILES string of the molecule is C[C@@H]1CO[C@H](Cc2cn(CCC3CCCCC3)cn2)C(=O)N1. The van der Waals surface area contributed by atoms with Gasteiger partial charge in [0.2, 0.25) is 5.91 Å². The van der Waals surface area contributed by atoms with Crippen molar-refractivity contribution in [3.8, 4) is 0 Å². The predicted octanol–water partition coefficient (Wildman–Crippen LogP) is 2.30. The van der Waals surface area contributed by atoms with E-state index < -0.39 is 6.10 Å². The summed E-state index contributed by atoms with van der Waals surface area (Å²) in [6, 6.07) is 0.108. The molecule has 2 heterocycles. The Morgan fingerprint density at radius 1 is 1.36 bits per heavy atom. The summed E-state index contributed by atoms with van der Waals surface area (Å²) in [6.45, 7) is 3.57. The van der Waals surface area contributed by atoms with Crippen LogP contribution in [0.5, 0.6) is 0 Å². The second-order valence-electron chi connectivity index (χ2n) is 6.83. The first-order valence-corrected chi connectivity index (χ1v) is 8.63. The third-order valence-electron chi connectivity index (χ3n) is 4.83. The zero-order valence-corrected chi connectivity index (χ0v) is 13.5. The maximum absolute atomic E-state index is 11.9. The molecule has 1 saturated carbocycles. The van der Waals surface area contributed by atoms with Crippen LogP contribution in [-0.4, -0.2) is 34.2 Å². The van der Waals surface area contributed by atoms with Gasteiger partial charge in [0.1, 0.15) is 6.10 Å². The molecule has 0 radical (unpaired) electrons. The van der Waals surface area contributed by atoms with Gasteiger partial charge in [0, 0.05) is 25.2 Å². The van der Waals surface area contributed by atoms with Crippen LogP contribution in [0.3, 0.4) is 0 Å². The number of carbonyl (C=O) groups excluding carboxylic acids is 1. The summed E-state index contributed by atoms with van der Waals surface area (Å²) in [6.07, 6.45) is 12.3. The highest BCUT2D eigenvalue weighted by Crippen LogP contribution is 2.26. The number of aryl methyl sites for hydroxylation is 1. The van der Waals surface area contributed by atoms with Crippen molar-refractivity contribution in [2.24, 2.45) is 5.92 Å². The largest absolute Gasteiger partial charge is 0.366 e. The normalized spacial score (nSPS) is 26.9. The van der Waals surface area contributed by atoms with Crippen molar-refractivity contribution in [2.75, 3.05) is 6.61 Å². The van der Waals surface area contributed by atoms with Crippen molar-refractivity contribution in [3.05, 3.63) is 18.2 Å². The first-order valence-electron chi connectivity index (χ1n) is 8.63. The molecule has 2 fully saturated rings. The van der Waals surface area contributed by atoms with Gasteiger partial charge in [-0.15, -0.1) is 0 Å². The minimum absolute atomic E-state index is 0.0181. The molecule has 1 N–H and O–H groups in total. The number of nitrogens with one attached hydrogen (secondary N) is 1. The number of amides is 1. The van der Waals surface area contributed by atoms with E-state index in [0.29, 0.717) is 13.0 Å². The Kier molecular flexibility index (Phi) is 5.13. The molecule has 1 amide bonds. The van der Waals surface area contributed by atoms with Crippen molar-refractivity contribution in [3.63, 3.8) is 0 Å². The fourth-order valence-corrected chi connectivity index (χ4v) is 3.50. The van der Waals surface area contributed by atoms with Crippen LogP contribution in [0.25, 0.3) is 0 Å². The molecule has 0 bridgehead atoms. The van der Waals surface area contributed by atoms with Crippen LogP contribution >= 0.6 is 0 Å². The van der Waals surface area contributed by atoms with Gasteiger partial charge in [-0.3, -0.25) is 4.79 Å². The number of rotatable bonds is 5. The van der Waals surface area contributed by atoms with E-state index >= 15 is 0 Å². The molecule has 122 valence electrons. The van der Waals surface area contributed by atoms with E-state index in [1.807, 2.05) is 13.3 Å². The van der Waals surface area contributed by atoms with E-state index in [0.717, 1.165) is 18.2 Å². The highest BCUT2D eigenvalue weighted by molar-refractivity contribution is 5.81. The maximum Gasteiger partial charge on any atom is 0.249 e. The molecular weight excluding hydrogens is 278 g/mol. The fraction of sp³-hybridized carbons (Fsp3) is 0.765. The van der Waals surface area contributed by atoms with E-state index in [1.165, 1.54) is 38.5 Å². The van der Waals surface area contributed by atoms with Gasteiger partial charge in [0.15, 0.2) is 0 Å². The maximum atomic E-state index is 11.9. The second-order valence-corrected chi connectivity index (χ2v) is 6.83. The second kappa shape index (κ2) is 7.27. The van der Waals surface area contributed by atoms with Crippen LogP contribution in [0.1, 0.15) is 51.1 Å². The molecule has 1 saturated heterocycles. The number of carbonyl (C=O) groups is 1. The first kappa shape index (κ1) is 15.5. The fourth-order valence-electron chi connectivity index (χ4n) is 3.50. The average Bonchev–Trinajstić information content (AvgIpc) is 2.97. The summed E-state index contributed by atoms with van der Waals surface area (Å²) in [5.41, 5.74) is 0.943. The molecule has 1 aliphatic heterocycles. The van der Waals surface area contributed by atoms with Gasteiger partial charge in [-0.25, -0.2) is 4.98 Å². The van der Waals surface area contributed by atoms with Crippen molar-refractivity contribution in [2.45, 2.75) is 70.6 Å². The van der Waals surface area contributed by atoms with Gasteiger partial charge in [0.05, 0.1) is 18.6 Å². The number of hydrogen-bond acceptors (Lipinski definition) is 3. The Bertz CT molecular complexity index is 494. The van der Waals surface area contributed by atoms with E-state index in [9.17, 15) is 4.79 Å². The molecule has 1 aliphatic carbocycles. The highest BCUT2D eigenvalue weighted by Gasteiger charge is 2.27. The average molecular weight is 305 g/mol. The van der Waals surface area contributed by atoms with E-state index in [2.05, 4.69) is 21.1 Å². The summed E-state index contributed by atoms with van der Waals surface area (Å²) in [4.78, 5) is 16.3. The van der Waals surface area contributed by atoms with Crippen molar-refractivity contribution in [1.82, 2.24) is 14.9 Å². The zero-order chi connectivity index (χ0) is 15.4.